The maximum absolute atomic E-state index is 13.4. The highest BCUT2D eigenvalue weighted by atomic mass is 19.2. The van der Waals surface area contributed by atoms with Crippen LogP contribution in [-0.2, 0) is 4.74 Å². The zero-order valence-electron chi connectivity index (χ0n) is 10.7. The Morgan fingerprint density at radius 1 is 0.818 bits per heavy atom. The van der Waals surface area contributed by atoms with Crippen LogP contribution in [-0.4, -0.2) is 5.97 Å². The third-order valence-electron chi connectivity index (χ3n) is 2.65. The van der Waals surface area contributed by atoms with Crippen molar-refractivity contribution < 1.29 is 31.5 Å². The monoisotopic (exact) mass is 314 g/mol. The van der Waals surface area contributed by atoms with Gasteiger partial charge in [-0.25, -0.2) is 26.7 Å². The molecule has 2 rings (SSSR count). The van der Waals surface area contributed by atoms with Crippen molar-refractivity contribution in [1.82, 2.24) is 0 Å². The predicted octanol–water partition coefficient (Wildman–Crippen LogP) is 4.21. The summed E-state index contributed by atoms with van der Waals surface area (Å²) in [6.07, 6.45) is 2.07. The molecule has 7 heteroatoms. The zero-order chi connectivity index (χ0) is 16.3. The molecule has 0 saturated carbocycles. The van der Waals surface area contributed by atoms with Crippen molar-refractivity contribution in [2.75, 3.05) is 0 Å². The van der Waals surface area contributed by atoms with E-state index in [0.717, 1.165) is 6.26 Å². The Balaban J connectivity index is 2.26. The van der Waals surface area contributed by atoms with E-state index in [1.165, 1.54) is 6.08 Å². The van der Waals surface area contributed by atoms with E-state index in [-0.39, 0.29) is 0 Å². The van der Waals surface area contributed by atoms with E-state index in [9.17, 15) is 26.7 Å². The molecule has 0 aliphatic rings. The second-order valence-corrected chi connectivity index (χ2v) is 4.06. The SMILES string of the molecule is O=C(O/C=C/c1ccccc1)c1c(F)c(F)c(F)c(F)c1F. The van der Waals surface area contributed by atoms with Crippen molar-refractivity contribution >= 4 is 12.0 Å². The van der Waals surface area contributed by atoms with E-state index in [1.807, 2.05) is 0 Å². The lowest BCUT2D eigenvalue weighted by atomic mass is 10.1. The molecule has 114 valence electrons. The second kappa shape index (κ2) is 6.38. The molecule has 0 spiro atoms. The number of hydrogen-bond donors (Lipinski definition) is 0. The highest BCUT2D eigenvalue weighted by molar-refractivity contribution is 5.90. The van der Waals surface area contributed by atoms with E-state index < -0.39 is 40.6 Å². The van der Waals surface area contributed by atoms with Gasteiger partial charge in [-0.3, -0.25) is 0 Å². The van der Waals surface area contributed by atoms with Gasteiger partial charge in [0.05, 0.1) is 6.26 Å². The van der Waals surface area contributed by atoms with Crippen molar-refractivity contribution in [1.29, 1.82) is 0 Å². The van der Waals surface area contributed by atoms with E-state index in [0.29, 0.717) is 5.56 Å². The van der Waals surface area contributed by atoms with Gasteiger partial charge in [-0.15, -0.1) is 0 Å². The number of halogens is 5. The first-order valence-corrected chi connectivity index (χ1v) is 5.87. The number of benzene rings is 2. The maximum atomic E-state index is 13.4. The van der Waals surface area contributed by atoms with Gasteiger partial charge in [-0.2, -0.15) is 0 Å². The van der Waals surface area contributed by atoms with Crippen LogP contribution in [0, 0.1) is 29.1 Å². The molecular formula is C15H7F5O2. The van der Waals surface area contributed by atoms with Gasteiger partial charge in [0.2, 0.25) is 5.82 Å². The summed E-state index contributed by atoms with van der Waals surface area (Å²) < 4.78 is 69.9. The largest absolute Gasteiger partial charge is 0.431 e. The first kappa shape index (κ1) is 15.7. The standard InChI is InChI=1S/C15H7F5O2/c16-10-9(11(17)13(19)14(20)12(10)18)15(21)22-7-6-8-4-2-1-3-5-8/h1-7H/b7-6+. The minimum atomic E-state index is -2.34. The summed E-state index contributed by atoms with van der Waals surface area (Å²) in [6.45, 7) is 0. The molecule has 0 saturated heterocycles. The van der Waals surface area contributed by atoms with Gasteiger partial charge < -0.3 is 4.74 Å². The lowest BCUT2D eigenvalue weighted by Gasteiger charge is -2.06. The van der Waals surface area contributed by atoms with Gasteiger partial charge in [-0.05, 0) is 11.6 Å². The van der Waals surface area contributed by atoms with E-state index in [2.05, 4.69) is 4.74 Å². The van der Waals surface area contributed by atoms with Crippen molar-refractivity contribution in [3.63, 3.8) is 0 Å². The van der Waals surface area contributed by atoms with Gasteiger partial charge in [0, 0.05) is 0 Å². The van der Waals surface area contributed by atoms with E-state index >= 15 is 0 Å². The fraction of sp³-hybridized carbons (Fsp3) is 0. The second-order valence-electron chi connectivity index (χ2n) is 4.06. The predicted molar refractivity (Wildman–Crippen MR) is 67.1 cm³/mol. The molecule has 22 heavy (non-hydrogen) atoms. The van der Waals surface area contributed by atoms with Crippen molar-refractivity contribution in [2.24, 2.45) is 0 Å². The quantitative estimate of drug-likeness (QED) is 0.279. The van der Waals surface area contributed by atoms with E-state index in [4.69, 9.17) is 0 Å². The molecule has 0 aliphatic carbocycles. The van der Waals surface area contributed by atoms with Gasteiger partial charge in [0.1, 0.15) is 5.56 Å². The molecule has 0 heterocycles. The third kappa shape index (κ3) is 2.98. The molecule has 0 fully saturated rings. The fourth-order valence-electron chi connectivity index (χ4n) is 1.58. The number of ether oxygens (including phenoxy) is 1. The van der Waals surface area contributed by atoms with Gasteiger partial charge in [-0.1, -0.05) is 30.3 Å². The molecule has 0 N–H and O–H groups in total. The topological polar surface area (TPSA) is 26.3 Å². The highest BCUT2D eigenvalue weighted by Crippen LogP contribution is 2.23. The Kier molecular flexibility index (Phi) is 4.55. The summed E-state index contributed by atoms with van der Waals surface area (Å²) in [5.74, 6) is -12.9. The van der Waals surface area contributed by atoms with Crippen LogP contribution >= 0.6 is 0 Å². The van der Waals surface area contributed by atoms with Crippen molar-refractivity contribution in [3.8, 4) is 0 Å². The fourth-order valence-corrected chi connectivity index (χ4v) is 1.58. The van der Waals surface area contributed by atoms with Gasteiger partial charge in [0.15, 0.2) is 23.3 Å². The molecule has 2 nitrogen and oxygen atoms in total. The normalized spacial score (nSPS) is 11.0. The van der Waals surface area contributed by atoms with Crippen LogP contribution in [0.15, 0.2) is 36.6 Å². The Morgan fingerprint density at radius 3 is 1.86 bits per heavy atom. The summed E-state index contributed by atoms with van der Waals surface area (Å²) in [6, 6.07) is 8.39. The average Bonchev–Trinajstić information content (AvgIpc) is 2.52. The Labute approximate surface area is 121 Å². The number of carbonyl (C=O) groups excluding carboxylic acids is 1. The Morgan fingerprint density at radius 2 is 1.32 bits per heavy atom. The number of carbonyl (C=O) groups is 1. The highest BCUT2D eigenvalue weighted by Gasteiger charge is 2.30. The maximum Gasteiger partial charge on any atom is 0.349 e. The van der Waals surface area contributed by atoms with Crippen LogP contribution in [0.25, 0.3) is 6.08 Å². The molecule has 0 aliphatic heterocycles. The van der Waals surface area contributed by atoms with Gasteiger partial charge >= 0.3 is 5.97 Å². The van der Waals surface area contributed by atoms with E-state index in [1.54, 1.807) is 30.3 Å². The third-order valence-corrected chi connectivity index (χ3v) is 2.65. The summed E-state index contributed by atoms with van der Waals surface area (Å²) in [4.78, 5) is 11.5. The van der Waals surface area contributed by atoms with Crippen LogP contribution in [0.5, 0.6) is 0 Å². The Hall–Kier alpha value is -2.70. The molecule has 0 bridgehead atoms. The van der Waals surface area contributed by atoms with Crippen LogP contribution in [0.2, 0.25) is 0 Å². The number of esters is 1. The molecule has 0 unspecified atom stereocenters. The minimum absolute atomic E-state index is 0.604. The first-order valence-electron chi connectivity index (χ1n) is 5.87. The first-order chi connectivity index (χ1) is 10.4. The van der Waals surface area contributed by atoms with Crippen LogP contribution in [0.1, 0.15) is 15.9 Å². The molecule has 2 aromatic rings. The summed E-state index contributed by atoms with van der Waals surface area (Å²) in [5, 5.41) is 0. The molecule has 0 amide bonds. The Bertz CT molecular complexity index is 712. The molecular weight excluding hydrogens is 307 g/mol. The minimum Gasteiger partial charge on any atom is -0.431 e. The van der Waals surface area contributed by atoms with Gasteiger partial charge in [0.25, 0.3) is 0 Å². The lowest BCUT2D eigenvalue weighted by molar-refractivity contribution is 0.0651. The molecule has 0 radical (unpaired) electrons. The number of rotatable bonds is 3. The van der Waals surface area contributed by atoms with Crippen LogP contribution < -0.4 is 0 Å². The van der Waals surface area contributed by atoms with Crippen LogP contribution in [0.4, 0.5) is 22.0 Å². The summed E-state index contributed by atoms with van der Waals surface area (Å²) in [7, 11) is 0. The number of hydrogen-bond acceptors (Lipinski definition) is 2. The molecule has 0 atom stereocenters. The lowest BCUT2D eigenvalue weighted by Crippen LogP contribution is -2.13. The summed E-state index contributed by atoms with van der Waals surface area (Å²) >= 11 is 0. The molecule has 0 aromatic heterocycles. The smallest absolute Gasteiger partial charge is 0.349 e. The van der Waals surface area contributed by atoms with Crippen molar-refractivity contribution in [3.05, 3.63) is 76.8 Å². The molecule has 2 aromatic carbocycles. The van der Waals surface area contributed by atoms with Crippen molar-refractivity contribution in [2.45, 2.75) is 0 Å². The zero-order valence-corrected chi connectivity index (χ0v) is 10.7. The summed E-state index contributed by atoms with van der Waals surface area (Å²) in [5.41, 5.74) is -1.04. The average molecular weight is 314 g/mol. The van der Waals surface area contributed by atoms with Crippen LogP contribution in [0.3, 0.4) is 0 Å².